The summed E-state index contributed by atoms with van der Waals surface area (Å²) in [6.07, 6.45) is -6.01. The van der Waals surface area contributed by atoms with Crippen molar-refractivity contribution in [3.8, 4) is 0 Å². The maximum Gasteiger partial charge on any atom is 0.230 e. The van der Waals surface area contributed by atoms with Gasteiger partial charge in [0.1, 0.15) is 30.5 Å². The summed E-state index contributed by atoms with van der Waals surface area (Å²) in [6.45, 7) is 1.19. The largest absolute Gasteiger partial charge is 0.394 e. The number of aryl methyl sites for hydroxylation is 1. The molecule has 0 bridgehead atoms. The summed E-state index contributed by atoms with van der Waals surface area (Å²) in [5.74, 6) is -0.227. The molecule has 1 aromatic carbocycles. The van der Waals surface area contributed by atoms with E-state index < -0.39 is 37.1 Å². The first-order valence-electron chi connectivity index (χ1n) is 8.52. The van der Waals surface area contributed by atoms with Crippen LogP contribution < -0.4 is 5.32 Å². The van der Waals surface area contributed by atoms with Crippen molar-refractivity contribution in [2.24, 2.45) is 0 Å². The molecule has 2 aromatic rings. The van der Waals surface area contributed by atoms with Gasteiger partial charge < -0.3 is 30.5 Å². The lowest BCUT2D eigenvalue weighted by atomic mass is 9.94. The first-order valence-corrected chi connectivity index (χ1v) is 9.34. The number of hydrogen-bond donors (Lipinski definition) is 5. The molecule has 1 aromatic heterocycles. The molecule has 27 heavy (non-hydrogen) atoms. The molecule has 9 heteroatoms. The van der Waals surface area contributed by atoms with E-state index >= 15 is 0 Å². The Hall–Kier alpha value is -1.88. The molecule has 0 aliphatic carbocycles. The minimum Gasteiger partial charge on any atom is -0.394 e. The number of carbonyl (C=O) groups is 1. The lowest BCUT2D eigenvalue weighted by Crippen LogP contribution is -2.55. The second-order valence-electron chi connectivity index (χ2n) is 6.43. The highest BCUT2D eigenvalue weighted by atomic mass is 32.1. The molecule has 0 spiro atoms. The number of benzene rings is 1. The van der Waals surface area contributed by atoms with Crippen LogP contribution in [0.1, 0.15) is 22.2 Å². The van der Waals surface area contributed by atoms with Gasteiger partial charge in [-0.1, -0.05) is 41.7 Å². The third-order valence-electron chi connectivity index (χ3n) is 4.44. The number of amides is 1. The monoisotopic (exact) mass is 394 g/mol. The number of rotatable bonds is 5. The van der Waals surface area contributed by atoms with E-state index in [9.17, 15) is 25.2 Å². The minimum absolute atomic E-state index is 0.203. The van der Waals surface area contributed by atoms with Crippen molar-refractivity contribution in [2.75, 3.05) is 11.9 Å². The van der Waals surface area contributed by atoms with Gasteiger partial charge in [0, 0.05) is 0 Å². The molecule has 5 N–H and O–H groups in total. The van der Waals surface area contributed by atoms with Gasteiger partial charge in [0.15, 0.2) is 5.13 Å². The van der Waals surface area contributed by atoms with Crippen LogP contribution in [0, 0.1) is 6.92 Å². The van der Waals surface area contributed by atoms with Gasteiger partial charge in [-0.2, -0.15) is 0 Å². The molecule has 1 saturated heterocycles. The Bertz CT molecular complexity index is 781. The SMILES string of the molecule is Cc1nc(NC(=O)Cc2ccccc2)sc1[C@@H]1O[C@H](CO)[C@H](O)[C@H](O)[C@H]1O. The first kappa shape index (κ1) is 19.9. The zero-order valence-electron chi connectivity index (χ0n) is 14.6. The second kappa shape index (κ2) is 8.42. The summed E-state index contributed by atoms with van der Waals surface area (Å²) in [7, 11) is 0. The van der Waals surface area contributed by atoms with Gasteiger partial charge in [-0.25, -0.2) is 4.98 Å². The number of ether oxygens (including phenoxy) is 1. The van der Waals surface area contributed by atoms with Crippen molar-refractivity contribution in [1.29, 1.82) is 0 Å². The number of carbonyl (C=O) groups excluding carboxylic acids is 1. The van der Waals surface area contributed by atoms with E-state index in [-0.39, 0.29) is 12.3 Å². The lowest BCUT2D eigenvalue weighted by Gasteiger charge is -2.39. The van der Waals surface area contributed by atoms with Gasteiger partial charge in [-0.05, 0) is 12.5 Å². The Morgan fingerprint density at radius 2 is 1.89 bits per heavy atom. The summed E-state index contributed by atoms with van der Waals surface area (Å²) in [5.41, 5.74) is 1.40. The Morgan fingerprint density at radius 3 is 2.56 bits per heavy atom. The molecule has 2 heterocycles. The molecule has 3 rings (SSSR count). The molecule has 0 radical (unpaired) electrons. The quantitative estimate of drug-likeness (QED) is 0.488. The molecular formula is C18H22N2O6S. The van der Waals surface area contributed by atoms with Gasteiger partial charge >= 0.3 is 0 Å². The fraction of sp³-hybridized carbons (Fsp3) is 0.444. The van der Waals surface area contributed by atoms with Crippen LogP contribution >= 0.6 is 11.3 Å². The van der Waals surface area contributed by atoms with Crippen LogP contribution in [-0.4, -0.2) is 62.3 Å². The van der Waals surface area contributed by atoms with Crippen LogP contribution in [0.4, 0.5) is 5.13 Å². The molecular weight excluding hydrogens is 372 g/mol. The Balaban J connectivity index is 1.73. The average Bonchev–Trinajstić information content (AvgIpc) is 3.00. The maximum absolute atomic E-state index is 12.2. The minimum atomic E-state index is -1.46. The number of anilines is 1. The summed E-state index contributed by atoms with van der Waals surface area (Å²) in [6, 6.07) is 9.29. The highest BCUT2D eigenvalue weighted by Crippen LogP contribution is 2.38. The predicted octanol–water partition coefficient (Wildman–Crippen LogP) is 0.148. The van der Waals surface area contributed by atoms with Gasteiger partial charge in [-0.3, -0.25) is 4.79 Å². The molecule has 1 fully saturated rings. The highest BCUT2D eigenvalue weighted by Gasteiger charge is 2.45. The summed E-state index contributed by atoms with van der Waals surface area (Å²) in [4.78, 5) is 17.0. The summed E-state index contributed by atoms with van der Waals surface area (Å²) < 4.78 is 5.56. The average molecular weight is 394 g/mol. The molecule has 1 amide bonds. The van der Waals surface area contributed by atoms with E-state index in [2.05, 4.69) is 10.3 Å². The molecule has 146 valence electrons. The van der Waals surface area contributed by atoms with Crippen LogP contribution in [0.3, 0.4) is 0 Å². The standard InChI is InChI=1S/C18H22N2O6S/c1-9-17(16-15(25)14(24)13(23)11(8-21)26-16)27-18(19-9)20-12(22)7-10-5-3-2-4-6-10/h2-6,11,13-16,21,23-25H,7-8H2,1H3,(H,19,20,22)/t11-,13+,14+,15-,16-/m1/s1. The second-order valence-corrected chi connectivity index (χ2v) is 7.46. The molecule has 5 atom stereocenters. The summed E-state index contributed by atoms with van der Waals surface area (Å²) in [5, 5.41) is 42.5. The maximum atomic E-state index is 12.2. The van der Waals surface area contributed by atoms with E-state index in [1.807, 2.05) is 30.3 Å². The van der Waals surface area contributed by atoms with Crippen molar-refractivity contribution < 1.29 is 30.0 Å². The number of hydrogen-bond acceptors (Lipinski definition) is 8. The smallest absolute Gasteiger partial charge is 0.230 e. The van der Waals surface area contributed by atoms with E-state index in [1.165, 1.54) is 0 Å². The van der Waals surface area contributed by atoms with Gasteiger partial charge in [0.25, 0.3) is 0 Å². The Morgan fingerprint density at radius 1 is 1.19 bits per heavy atom. The van der Waals surface area contributed by atoms with E-state index in [0.717, 1.165) is 16.9 Å². The Labute approximate surface area is 160 Å². The molecule has 1 aliphatic heterocycles. The zero-order valence-corrected chi connectivity index (χ0v) is 15.5. The highest BCUT2D eigenvalue weighted by molar-refractivity contribution is 7.16. The zero-order chi connectivity index (χ0) is 19.6. The number of aliphatic hydroxyl groups excluding tert-OH is 4. The van der Waals surface area contributed by atoms with Crippen LogP contribution in [0.25, 0.3) is 0 Å². The van der Waals surface area contributed by atoms with Crippen molar-refractivity contribution >= 4 is 22.4 Å². The molecule has 8 nitrogen and oxygen atoms in total. The van der Waals surface area contributed by atoms with E-state index in [0.29, 0.717) is 15.7 Å². The van der Waals surface area contributed by atoms with Gasteiger partial charge in [0.05, 0.1) is 23.6 Å². The van der Waals surface area contributed by atoms with E-state index in [4.69, 9.17) is 4.74 Å². The van der Waals surface area contributed by atoms with Crippen LogP contribution in [0.2, 0.25) is 0 Å². The third-order valence-corrected chi connectivity index (χ3v) is 5.57. The normalized spacial score (nSPS) is 28.1. The fourth-order valence-electron chi connectivity index (χ4n) is 2.99. The molecule has 1 aliphatic rings. The number of nitrogens with zero attached hydrogens (tertiary/aromatic N) is 1. The van der Waals surface area contributed by atoms with Crippen LogP contribution in [-0.2, 0) is 16.0 Å². The number of aliphatic hydroxyl groups is 4. The van der Waals surface area contributed by atoms with Crippen molar-refractivity contribution in [1.82, 2.24) is 4.98 Å². The topological polar surface area (TPSA) is 132 Å². The van der Waals surface area contributed by atoms with Crippen LogP contribution in [0.15, 0.2) is 30.3 Å². The Kier molecular flexibility index (Phi) is 6.20. The predicted molar refractivity (Wildman–Crippen MR) is 98.3 cm³/mol. The third kappa shape index (κ3) is 4.34. The van der Waals surface area contributed by atoms with Gasteiger partial charge in [0.2, 0.25) is 5.91 Å². The summed E-state index contributed by atoms with van der Waals surface area (Å²) >= 11 is 1.12. The fourth-order valence-corrected chi connectivity index (χ4v) is 4.05. The van der Waals surface area contributed by atoms with Crippen molar-refractivity contribution in [3.63, 3.8) is 0 Å². The first-order chi connectivity index (χ1) is 12.9. The van der Waals surface area contributed by atoms with Crippen molar-refractivity contribution in [2.45, 2.75) is 43.9 Å². The van der Waals surface area contributed by atoms with Gasteiger partial charge in [-0.15, -0.1) is 0 Å². The number of thiazole rings is 1. The van der Waals surface area contributed by atoms with E-state index in [1.54, 1.807) is 6.92 Å². The molecule has 0 unspecified atom stereocenters. The molecule has 0 saturated carbocycles. The number of nitrogens with one attached hydrogen (secondary N) is 1. The number of aromatic nitrogens is 1. The van der Waals surface area contributed by atoms with Crippen LogP contribution in [0.5, 0.6) is 0 Å². The van der Waals surface area contributed by atoms with Crippen molar-refractivity contribution in [3.05, 3.63) is 46.5 Å². The lowest BCUT2D eigenvalue weighted by molar-refractivity contribution is -0.231.